The van der Waals surface area contributed by atoms with Crippen molar-refractivity contribution in [2.45, 2.75) is 0 Å². The first-order chi connectivity index (χ1) is 12.1. The molecule has 0 spiro atoms. The number of hydrogen-bond acceptors (Lipinski definition) is 4. The summed E-state index contributed by atoms with van der Waals surface area (Å²) in [4.78, 5) is 8.51. The second-order valence-corrected chi connectivity index (χ2v) is 6.34. The molecule has 0 amide bonds. The standard InChI is InChI=1S/C17H15ClFN5S/c18-14-9-13(2-3-15(14)19)22-17(25)24-7-5-23(6-8-24)16-4-1-12(10-20)11-21-16/h1-4,9,11H,5-8H2,(H,22,25). The highest BCUT2D eigenvalue weighted by atomic mass is 35.5. The number of thiocarbonyl (C=S) groups is 1. The number of rotatable bonds is 2. The van der Waals surface area contributed by atoms with Gasteiger partial charge in [0.05, 0.1) is 10.6 Å². The molecule has 1 fully saturated rings. The van der Waals surface area contributed by atoms with E-state index in [1.54, 1.807) is 18.3 Å². The van der Waals surface area contributed by atoms with Crippen LogP contribution in [0.3, 0.4) is 0 Å². The van der Waals surface area contributed by atoms with E-state index in [9.17, 15) is 4.39 Å². The van der Waals surface area contributed by atoms with Crippen LogP contribution in [0, 0.1) is 17.1 Å². The second-order valence-electron chi connectivity index (χ2n) is 5.55. The number of anilines is 2. The summed E-state index contributed by atoms with van der Waals surface area (Å²) in [6.07, 6.45) is 1.58. The predicted octanol–water partition coefficient (Wildman–Crippen LogP) is 3.26. The zero-order valence-electron chi connectivity index (χ0n) is 13.2. The first kappa shape index (κ1) is 17.4. The normalized spacial score (nSPS) is 14.1. The Morgan fingerprint density at radius 3 is 2.60 bits per heavy atom. The van der Waals surface area contributed by atoms with E-state index in [1.165, 1.54) is 12.1 Å². The Balaban J connectivity index is 1.56. The van der Waals surface area contributed by atoms with Crippen molar-refractivity contribution in [2.24, 2.45) is 0 Å². The second kappa shape index (κ2) is 7.64. The van der Waals surface area contributed by atoms with Crippen molar-refractivity contribution >= 4 is 40.4 Å². The van der Waals surface area contributed by atoms with Gasteiger partial charge in [-0.3, -0.25) is 0 Å². The number of nitriles is 1. The van der Waals surface area contributed by atoms with E-state index >= 15 is 0 Å². The SMILES string of the molecule is N#Cc1ccc(N2CCN(C(=S)Nc3ccc(F)c(Cl)c3)CC2)nc1. The first-order valence-electron chi connectivity index (χ1n) is 7.69. The number of aromatic nitrogens is 1. The molecule has 0 unspecified atom stereocenters. The van der Waals surface area contributed by atoms with Gasteiger partial charge in [-0.25, -0.2) is 9.37 Å². The zero-order chi connectivity index (χ0) is 17.8. The molecule has 0 radical (unpaired) electrons. The highest BCUT2D eigenvalue weighted by Gasteiger charge is 2.20. The highest BCUT2D eigenvalue weighted by molar-refractivity contribution is 7.80. The average molecular weight is 376 g/mol. The third-order valence-corrected chi connectivity index (χ3v) is 4.59. The van der Waals surface area contributed by atoms with Crippen molar-refractivity contribution in [2.75, 3.05) is 36.4 Å². The molecule has 1 N–H and O–H groups in total. The van der Waals surface area contributed by atoms with Crippen molar-refractivity contribution in [3.8, 4) is 6.07 Å². The molecule has 1 aromatic heterocycles. The Bertz CT molecular complexity index is 813. The smallest absolute Gasteiger partial charge is 0.173 e. The molecule has 0 saturated carbocycles. The molecule has 1 aliphatic heterocycles. The molecule has 1 aromatic carbocycles. The van der Waals surface area contributed by atoms with Crippen LogP contribution in [-0.4, -0.2) is 41.2 Å². The van der Waals surface area contributed by atoms with Crippen LogP contribution in [-0.2, 0) is 0 Å². The maximum absolute atomic E-state index is 13.2. The number of halogens is 2. The minimum absolute atomic E-state index is 0.0597. The fraction of sp³-hybridized carbons (Fsp3) is 0.235. The van der Waals surface area contributed by atoms with E-state index in [2.05, 4.69) is 21.3 Å². The van der Waals surface area contributed by atoms with Crippen molar-refractivity contribution in [3.05, 3.63) is 52.9 Å². The minimum atomic E-state index is -0.457. The van der Waals surface area contributed by atoms with E-state index in [0.717, 1.165) is 32.0 Å². The van der Waals surface area contributed by atoms with Crippen LogP contribution in [0.25, 0.3) is 0 Å². The third-order valence-electron chi connectivity index (χ3n) is 3.94. The number of nitrogens with one attached hydrogen (secondary N) is 1. The molecule has 25 heavy (non-hydrogen) atoms. The van der Waals surface area contributed by atoms with Crippen LogP contribution in [0.5, 0.6) is 0 Å². The van der Waals surface area contributed by atoms with Gasteiger partial charge in [-0.15, -0.1) is 0 Å². The lowest BCUT2D eigenvalue weighted by molar-refractivity contribution is 0.389. The lowest BCUT2D eigenvalue weighted by Crippen LogP contribution is -2.50. The Hall–Kier alpha value is -2.43. The largest absolute Gasteiger partial charge is 0.353 e. The average Bonchev–Trinajstić information content (AvgIpc) is 2.65. The summed E-state index contributed by atoms with van der Waals surface area (Å²) < 4.78 is 13.2. The van der Waals surface area contributed by atoms with Gasteiger partial charge in [-0.2, -0.15) is 5.26 Å². The van der Waals surface area contributed by atoms with Crippen molar-refractivity contribution in [3.63, 3.8) is 0 Å². The van der Waals surface area contributed by atoms with Gasteiger partial charge >= 0.3 is 0 Å². The minimum Gasteiger partial charge on any atom is -0.353 e. The molecule has 2 aromatic rings. The summed E-state index contributed by atoms with van der Waals surface area (Å²) in [5.41, 5.74) is 1.21. The molecule has 0 aliphatic carbocycles. The molecule has 8 heteroatoms. The van der Waals surface area contributed by atoms with E-state index in [1.807, 2.05) is 11.0 Å². The fourth-order valence-corrected chi connectivity index (χ4v) is 3.04. The topological polar surface area (TPSA) is 55.2 Å². The molecule has 128 valence electrons. The number of piperazine rings is 1. The van der Waals surface area contributed by atoms with Gasteiger partial charge in [0, 0.05) is 38.1 Å². The molecule has 1 aliphatic rings. The fourth-order valence-electron chi connectivity index (χ4n) is 2.55. The predicted molar refractivity (Wildman–Crippen MR) is 100 cm³/mol. The molecule has 3 rings (SSSR count). The Morgan fingerprint density at radius 2 is 2.00 bits per heavy atom. The molecule has 5 nitrogen and oxygen atoms in total. The van der Waals surface area contributed by atoms with Crippen LogP contribution < -0.4 is 10.2 Å². The summed E-state index contributed by atoms with van der Waals surface area (Å²) in [6, 6.07) is 10.1. The first-order valence-corrected chi connectivity index (χ1v) is 8.47. The van der Waals surface area contributed by atoms with E-state index in [-0.39, 0.29) is 5.02 Å². The molecule has 2 heterocycles. The van der Waals surface area contributed by atoms with Gasteiger partial charge in [0.1, 0.15) is 17.7 Å². The van der Waals surface area contributed by atoms with Crippen LogP contribution in [0.2, 0.25) is 5.02 Å². The monoisotopic (exact) mass is 375 g/mol. The zero-order valence-corrected chi connectivity index (χ0v) is 14.8. The van der Waals surface area contributed by atoms with E-state index < -0.39 is 5.82 Å². The van der Waals surface area contributed by atoms with Crippen LogP contribution in [0.4, 0.5) is 15.9 Å². The maximum atomic E-state index is 13.2. The molecule has 0 atom stereocenters. The number of pyridine rings is 1. The van der Waals surface area contributed by atoms with Crippen LogP contribution in [0.15, 0.2) is 36.5 Å². The Morgan fingerprint density at radius 1 is 1.24 bits per heavy atom. The van der Waals surface area contributed by atoms with E-state index in [4.69, 9.17) is 29.1 Å². The van der Waals surface area contributed by atoms with Gasteiger partial charge < -0.3 is 15.1 Å². The number of nitrogens with zero attached hydrogens (tertiary/aromatic N) is 4. The van der Waals surface area contributed by atoms with Crippen molar-refractivity contribution < 1.29 is 4.39 Å². The number of benzene rings is 1. The summed E-state index contributed by atoms with van der Waals surface area (Å²) in [7, 11) is 0. The van der Waals surface area contributed by atoms with Crippen LogP contribution in [0.1, 0.15) is 5.56 Å². The lowest BCUT2D eigenvalue weighted by Gasteiger charge is -2.36. The highest BCUT2D eigenvalue weighted by Crippen LogP contribution is 2.20. The molecule has 1 saturated heterocycles. The third kappa shape index (κ3) is 4.16. The van der Waals surface area contributed by atoms with E-state index in [0.29, 0.717) is 16.4 Å². The van der Waals surface area contributed by atoms with Gasteiger partial charge in [-0.1, -0.05) is 11.6 Å². The van der Waals surface area contributed by atoms with Gasteiger partial charge in [-0.05, 0) is 42.5 Å². The Labute approximate surface area is 155 Å². The van der Waals surface area contributed by atoms with Gasteiger partial charge in [0.2, 0.25) is 0 Å². The van der Waals surface area contributed by atoms with Crippen molar-refractivity contribution in [1.29, 1.82) is 5.26 Å². The Kier molecular flexibility index (Phi) is 5.31. The van der Waals surface area contributed by atoms with Crippen LogP contribution >= 0.6 is 23.8 Å². The molecule has 0 bridgehead atoms. The molecular weight excluding hydrogens is 361 g/mol. The summed E-state index contributed by atoms with van der Waals surface area (Å²) in [5.74, 6) is 0.393. The van der Waals surface area contributed by atoms with Gasteiger partial charge in [0.25, 0.3) is 0 Å². The van der Waals surface area contributed by atoms with Gasteiger partial charge in [0.15, 0.2) is 5.11 Å². The quantitative estimate of drug-likeness (QED) is 0.813. The lowest BCUT2D eigenvalue weighted by atomic mass is 10.2. The summed E-state index contributed by atoms with van der Waals surface area (Å²) >= 11 is 11.2. The van der Waals surface area contributed by atoms with Crippen molar-refractivity contribution in [1.82, 2.24) is 9.88 Å². The molecular formula is C17H15ClFN5S. The summed E-state index contributed by atoms with van der Waals surface area (Å²) in [6.45, 7) is 3.01. The number of hydrogen-bond donors (Lipinski definition) is 1. The maximum Gasteiger partial charge on any atom is 0.173 e. The summed E-state index contributed by atoms with van der Waals surface area (Å²) in [5, 5.41) is 12.6.